The molecule has 1 aliphatic heterocycles. The zero-order valence-corrected chi connectivity index (χ0v) is 14.9. The van der Waals surface area contributed by atoms with Crippen LogP contribution < -0.4 is 0 Å². The molecule has 1 aliphatic rings. The van der Waals surface area contributed by atoms with Crippen LogP contribution in [0.2, 0.25) is 5.02 Å². The quantitative estimate of drug-likeness (QED) is 0.845. The van der Waals surface area contributed by atoms with Crippen molar-refractivity contribution in [2.45, 2.75) is 13.0 Å². The number of nitrogens with zero attached hydrogens (tertiary/aromatic N) is 3. The summed E-state index contributed by atoms with van der Waals surface area (Å²) in [6.07, 6.45) is 0. The van der Waals surface area contributed by atoms with E-state index in [-0.39, 0.29) is 11.9 Å². The summed E-state index contributed by atoms with van der Waals surface area (Å²) >= 11 is 6.13. The third-order valence-corrected chi connectivity index (χ3v) is 4.92. The number of carbonyl (C=O) groups is 1. The van der Waals surface area contributed by atoms with Gasteiger partial charge in [-0.05, 0) is 24.6 Å². The molecule has 1 fully saturated rings. The number of hydrogen-bond donors (Lipinski definition) is 0. The normalized spacial score (nSPS) is 16.3. The highest BCUT2D eigenvalue weighted by Crippen LogP contribution is 2.23. The van der Waals surface area contributed by atoms with E-state index < -0.39 is 0 Å². The molecule has 0 N–H and O–H groups in total. The Morgan fingerprint density at radius 1 is 1.08 bits per heavy atom. The molecule has 3 rings (SSSR count). The van der Waals surface area contributed by atoms with Crippen LogP contribution >= 0.6 is 11.6 Å². The summed E-state index contributed by atoms with van der Waals surface area (Å²) < 4.78 is 0. The van der Waals surface area contributed by atoms with Crippen molar-refractivity contribution in [2.75, 3.05) is 26.2 Å². The fraction of sp³-hybridized carbons (Fsp3) is 0.300. The molecular weight excluding hydrogens is 334 g/mol. The second kappa shape index (κ2) is 7.69. The number of carbonyl (C=O) groups excluding carboxylic acids is 1. The van der Waals surface area contributed by atoms with Crippen LogP contribution in [0.4, 0.5) is 0 Å². The number of rotatable bonds is 3. The van der Waals surface area contributed by atoms with Gasteiger partial charge >= 0.3 is 0 Å². The van der Waals surface area contributed by atoms with Gasteiger partial charge in [0.1, 0.15) is 6.04 Å². The van der Waals surface area contributed by atoms with E-state index in [4.69, 9.17) is 11.6 Å². The molecule has 0 saturated carbocycles. The van der Waals surface area contributed by atoms with E-state index >= 15 is 0 Å². The third kappa shape index (κ3) is 3.84. The van der Waals surface area contributed by atoms with Gasteiger partial charge in [-0.15, -0.1) is 0 Å². The Balaban J connectivity index is 1.67. The summed E-state index contributed by atoms with van der Waals surface area (Å²) in [5, 5.41) is 10.1. The fourth-order valence-corrected chi connectivity index (χ4v) is 3.32. The number of nitriles is 1. The first-order valence-electron chi connectivity index (χ1n) is 8.34. The number of amides is 1. The number of aryl methyl sites for hydroxylation is 1. The molecule has 0 bridgehead atoms. The molecule has 25 heavy (non-hydrogen) atoms. The molecule has 1 heterocycles. The molecule has 1 atom stereocenters. The predicted octanol–water partition coefficient (Wildman–Crippen LogP) is 3.67. The van der Waals surface area contributed by atoms with E-state index in [0.717, 1.165) is 5.56 Å². The van der Waals surface area contributed by atoms with Crippen LogP contribution in [0.15, 0.2) is 48.5 Å². The molecule has 1 amide bonds. The van der Waals surface area contributed by atoms with Crippen LogP contribution in [0, 0.1) is 18.3 Å². The van der Waals surface area contributed by atoms with Crippen LogP contribution in [0.1, 0.15) is 27.5 Å². The lowest BCUT2D eigenvalue weighted by Gasteiger charge is -2.37. The molecule has 1 unspecified atom stereocenters. The van der Waals surface area contributed by atoms with E-state index in [2.05, 4.69) is 11.0 Å². The summed E-state index contributed by atoms with van der Waals surface area (Å²) in [6, 6.07) is 17.3. The van der Waals surface area contributed by atoms with Crippen molar-refractivity contribution in [3.05, 3.63) is 70.2 Å². The maximum Gasteiger partial charge on any atom is 0.255 e. The number of hydrogen-bond acceptors (Lipinski definition) is 3. The van der Waals surface area contributed by atoms with Gasteiger partial charge in [-0.2, -0.15) is 5.26 Å². The Labute approximate surface area is 153 Å². The van der Waals surface area contributed by atoms with Crippen molar-refractivity contribution >= 4 is 17.5 Å². The highest BCUT2D eigenvalue weighted by Gasteiger charge is 2.28. The first-order valence-corrected chi connectivity index (χ1v) is 8.72. The van der Waals surface area contributed by atoms with Crippen molar-refractivity contribution < 1.29 is 4.79 Å². The Hall–Kier alpha value is -2.35. The smallest absolute Gasteiger partial charge is 0.255 e. The van der Waals surface area contributed by atoms with Crippen molar-refractivity contribution in [1.82, 2.24) is 9.80 Å². The molecule has 1 saturated heterocycles. The topological polar surface area (TPSA) is 47.3 Å². The lowest BCUT2D eigenvalue weighted by molar-refractivity contribution is 0.0606. The number of piperazine rings is 1. The number of halogens is 1. The van der Waals surface area contributed by atoms with Crippen molar-refractivity contribution in [3.63, 3.8) is 0 Å². The van der Waals surface area contributed by atoms with Gasteiger partial charge in [-0.25, -0.2) is 0 Å². The van der Waals surface area contributed by atoms with Crippen LogP contribution in [0.25, 0.3) is 0 Å². The Morgan fingerprint density at radius 2 is 1.72 bits per heavy atom. The van der Waals surface area contributed by atoms with Gasteiger partial charge in [-0.3, -0.25) is 9.69 Å². The van der Waals surface area contributed by atoms with Gasteiger partial charge in [0.15, 0.2) is 0 Å². The van der Waals surface area contributed by atoms with Gasteiger partial charge in [0.05, 0.1) is 16.7 Å². The van der Waals surface area contributed by atoms with Crippen LogP contribution in [-0.4, -0.2) is 41.9 Å². The van der Waals surface area contributed by atoms with E-state index in [0.29, 0.717) is 36.8 Å². The lowest BCUT2D eigenvalue weighted by atomic mass is 10.0. The SMILES string of the molecule is Cc1ccc(C(C#N)N2CCN(C(=O)c3ccccc3Cl)CC2)cc1. The van der Waals surface area contributed by atoms with Crippen LogP contribution in [-0.2, 0) is 0 Å². The summed E-state index contributed by atoms with van der Waals surface area (Å²) in [6.45, 7) is 4.55. The first-order chi connectivity index (χ1) is 12.1. The predicted molar refractivity (Wildman–Crippen MR) is 98.5 cm³/mol. The van der Waals surface area contributed by atoms with Crippen molar-refractivity contribution in [1.29, 1.82) is 5.26 Å². The number of benzene rings is 2. The van der Waals surface area contributed by atoms with Crippen LogP contribution in [0.5, 0.6) is 0 Å². The Kier molecular flexibility index (Phi) is 5.37. The molecule has 2 aromatic carbocycles. The van der Waals surface area contributed by atoms with E-state index in [1.807, 2.05) is 43.3 Å². The molecule has 2 aromatic rings. The molecule has 0 radical (unpaired) electrons. The molecule has 0 spiro atoms. The minimum atomic E-state index is -0.279. The molecular formula is C20H20ClN3O. The van der Waals surface area contributed by atoms with E-state index in [1.165, 1.54) is 5.56 Å². The molecule has 0 aliphatic carbocycles. The van der Waals surface area contributed by atoms with Crippen molar-refractivity contribution in [3.8, 4) is 6.07 Å². The van der Waals surface area contributed by atoms with E-state index in [9.17, 15) is 10.1 Å². The lowest BCUT2D eigenvalue weighted by Crippen LogP contribution is -2.49. The average molecular weight is 354 g/mol. The largest absolute Gasteiger partial charge is 0.336 e. The van der Waals surface area contributed by atoms with Crippen molar-refractivity contribution in [2.24, 2.45) is 0 Å². The van der Waals surface area contributed by atoms with Crippen LogP contribution in [0.3, 0.4) is 0 Å². The van der Waals surface area contributed by atoms with Gasteiger partial charge in [0.2, 0.25) is 0 Å². The summed E-state index contributed by atoms with van der Waals surface area (Å²) in [5.74, 6) is -0.0471. The van der Waals surface area contributed by atoms with Gasteiger partial charge in [0.25, 0.3) is 5.91 Å². The van der Waals surface area contributed by atoms with Gasteiger partial charge < -0.3 is 4.90 Å². The highest BCUT2D eigenvalue weighted by atomic mass is 35.5. The summed E-state index contributed by atoms with van der Waals surface area (Å²) in [4.78, 5) is 16.6. The minimum absolute atomic E-state index is 0.0471. The molecule has 5 heteroatoms. The Bertz CT molecular complexity index is 789. The van der Waals surface area contributed by atoms with E-state index in [1.54, 1.807) is 17.0 Å². The monoisotopic (exact) mass is 353 g/mol. The zero-order chi connectivity index (χ0) is 17.8. The second-order valence-electron chi connectivity index (χ2n) is 6.25. The average Bonchev–Trinajstić information content (AvgIpc) is 2.64. The molecule has 4 nitrogen and oxygen atoms in total. The highest BCUT2D eigenvalue weighted by molar-refractivity contribution is 6.33. The maximum atomic E-state index is 12.6. The van der Waals surface area contributed by atoms with Gasteiger partial charge in [-0.1, -0.05) is 53.6 Å². The fourth-order valence-electron chi connectivity index (χ4n) is 3.10. The maximum absolute atomic E-state index is 12.6. The Morgan fingerprint density at radius 3 is 2.32 bits per heavy atom. The second-order valence-corrected chi connectivity index (χ2v) is 6.66. The third-order valence-electron chi connectivity index (χ3n) is 4.59. The molecule has 128 valence electrons. The summed E-state index contributed by atoms with van der Waals surface area (Å²) in [7, 11) is 0. The standard InChI is InChI=1S/C20H20ClN3O/c1-15-6-8-16(9-7-15)19(14-22)23-10-12-24(13-11-23)20(25)17-4-2-3-5-18(17)21/h2-9,19H,10-13H2,1H3. The minimum Gasteiger partial charge on any atom is -0.336 e. The first kappa shape index (κ1) is 17.5. The summed E-state index contributed by atoms with van der Waals surface area (Å²) in [5.41, 5.74) is 2.71. The van der Waals surface area contributed by atoms with Gasteiger partial charge in [0, 0.05) is 26.2 Å². The zero-order valence-electron chi connectivity index (χ0n) is 14.2. The molecule has 0 aromatic heterocycles.